The Morgan fingerprint density at radius 3 is 2.40 bits per heavy atom. The highest BCUT2D eigenvalue weighted by atomic mass is 32.1. The minimum Gasteiger partial charge on any atom is -0.354 e. The third-order valence-electron chi connectivity index (χ3n) is 8.95. The minimum atomic E-state index is -0.274. The van der Waals surface area contributed by atoms with Gasteiger partial charge in [-0.3, -0.25) is 19.3 Å². The Balaban J connectivity index is 0.926. The standard InChI is InChI=1S/C37H41N7O3S/c1-23(26-6-8-27(9-7-26)35-25(3)40-22-48-35)19-34(45)38-16-17-39-36(46)28-10-12-29(13-11-28)37(47)41-30-14-15-31-32(20-30)43-33(42-31)21-44-18-4-5-24(44)2/h6-15,20,22-24H,4-5,16-19,21H2,1-3H3,(H,38,45)(H,39,46)(H,41,47)(H,42,43)/t23-,24-/m0/s1. The monoisotopic (exact) mass is 663 g/mol. The van der Waals surface area contributed by atoms with E-state index in [1.807, 2.05) is 37.6 Å². The molecule has 3 heterocycles. The van der Waals surface area contributed by atoms with Crippen LogP contribution in [0.4, 0.5) is 5.69 Å². The normalized spacial score (nSPS) is 15.4. The lowest BCUT2D eigenvalue weighted by molar-refractivity contribution is -0.121. The van der Waals surface area contributed by atoms with E-state index in [1.165, 1.54) is 12.8 Å². The summed E-state index contributed by atoms with van der Waals surface area (Å²) in [5.41, 5.74) is 8.35. The number of H-pyrrole nitrogens is 1. The van der Waals surface area contributed by atoms with Crippen LogP contribution in [0.15, 0.2) is 72.2 Å². The van der Waals surface area contributed by atoms with E-state index >= 15 is 0 Å². The molecule has 1 aliphatic rings. The second kappa shape index (κ2) is 14.9. The average molecular weight is 664 g/mol. The number of imidazole rings is 1. The maximum atomic E-state index is 12.9. The molecular weight excluding hydrogens is 623 g/mol. The third kappa shape index (κ3) is 7.98. The number of aryl methyl sites for hydroxylation is 1. The van der Waals surface area contributed by atoms with Crippen molar-refractivity contribution in [3.8, 4) is 10.4 Å². The fourth-order valence-electron chi connectivity index (χ4n) is 6.10. The van der Waals surface area contributed by atoms with Gasteiger partial charge in [-0.05, 0) is 92.7 Å². The van der Waals surface area contributed by atoms with Crippen molar-refractivity contribution in [3.63, 3.8) is 0 Å². The molecular formula is C37H41N7O3S. The van der Waals surface area contributed by atoms with Crippen molar-refractivity contribution in [2.75, 3.05) is 25.0 Å². The van der Waals surface area contributed by atoms with Crippen LogP contribution in [0.1, 0.15) is 76.8 Å². The van der Waals surface area contributed by atoms with Gasteiger partial charge in [0, 0.05) is 42.4 Å². The van der Waals surface area contributed by atoms with Gasteiger partial charge in [0.25, 0.3) is 11.8 Å². The molecule has 11 heteroatoms. The van der Waals surface area contributed by atoms with Gasteiger partial charge in [0.1, 0.15) is 5.82 Å². The summed E-state index contributed by atoms with van der Waals surface area (Å²) in [4.78, 5) is 54.2. The highest BCUT2D eigenvalue weighted by molar-refractivity contribution is 7.13. The maximum Gasteiger partial charge on any atom is 0.255 e. The third-order valence-corrected chi connectivity index (χ3v) is 9.93. The lowest BCUT2D eigenvalue weighted by atomic mass is 9.96. The van der Waals surface area contributed by atoms with Crippen LogP contribution in [0.2, 0.25) is 0 Å². The summed E-state index contributed by atoms with van der Waals surface area (Å²) in [5.74, 6) is 0.364. The first-order chi connectivity index (χ1) is 23.2. The van der Waals surface area contributed by atoms with Gasteiger partial charge in [-0.15, -0.1) is 11.3 Å². The number of rotatable bonds is 12. The van der Waals surface area contributed by atoms with E-state index in [-0.39, 0.29) is 23.6 Å². The molecule has 248 valence electrons. The van der Waals surface area contributed by atoms with Gasteiger partial charge < -0.3 is 20.9 Å². The number of fused-ring (bicyclic) bond motifs is 1. The summed E-state index contributed by atoms with van der Waals surface area (Å²) < 4.78 is 0. The number of carbonyl (C=O) groups is 3. The molecule has 5 aromatic rings. The van der Waals surface area contributed by atoms with E-state index < -0.39 is 0 Å². The second-order valence-corrected chi connectivity index (χ2v) is 13.4. The zero-order chi connectivity index (χ0) is 33.6. The lowest BCUT2D eigenvalue weighted by Gasteiger charge is -2.19. The molecule has 0 bridgehead atoms. The summed E-state index contributed by atoms with van der Waals surface area (Å²) in [6.45, 7) is 8.77. The van der Waals surface area contributed by atoms with Gasteiger partial charge >= 0.3 is 0 Å². The molecule has 48 heavy (non-hydrogen) atoms. The van der Waals surface area contributed by atoms with Crippen molar-refractivity contribution in [3.05, 3.63) is 100 Å². The van der Waals surface area contributed by atoms with E-state index in [4.69, 9.17) is 4.98 Å². The molecule has 3 aromatic carbocycles. The molecule has 1 aliphatic heterocycles. The average Bonchev–Trinajstić information content (AvgIpc) is 3.82. The number of hydrogen-bond acceptors (Lipinski definition) is 7. The van der Waals surface area contributed by atoms with Gasteiger partial charge in [0.15, 0.2) is 0 Å². The highest BCUT2D eigenvalue weighted by Crippen LogP contribution is 2.29. The van der Waals surface area contributed by atoms with Crippen LogP contribution < -0.4 is 16.0 Å². The molecule has 3 amide bonds. The Hall–Kier alpha value is -4.87. The molecule has 0 radical (unpaired) electrons. The number of nitrogens with zero attached hydrogens (tertiary/aromatic N) is 3. The number of likely N-dealkylation sites (tertiary alicyclic amines) is 1. The zero-order valence-electron chi connectivity index (χ0n) is 27.5. The number of thiazole rings is 1. The summed E-state index contributed by atoms with van der Waals surface area (Å²) in [5, 5.41) is 8.64. The number of amides is 3. The van der Waals surface area contributed by atoms with Crippen molar-refractivity contribution in [1.82, 2.24) is 30.5 Å². The number of nitrogens with one attached hydrogen (secondary N) is 4. The minimum absolute atomic E-state index is 0.0571. The fourth-order valence-corrected chi connectivity index (χ4v) is 6.91. The highest BCUT2D eigenvalue weighted by Gasteiger charge is 2.21. The first kappa shape index (κ1) is 33.0. The Morgan fingerprint density at radius 1 is 0.979 bits per heavy atom. The molecule has 0 spiro atoms. The van der Waals surface area contributed by atoms with Crippen molar-refractivity contribution in [2.45, 2.75) is 58.5 Å². The Morgan fingerprint density at radius 2 is 1.71 bits per heavy atom. The number of carbonyl (C=O) groups excluding carboxylic acids is 3. The van der Waals surface area contributed by atoms with Gasteiger partial charge in [0.2, 0.25) is 5.91 Å². The van der Waals surface area contributed by atoms with Crippen LogP contribution in [0.25, 0.3) is 21.5 Å². The molecule has 1 fully saturated rings. The van der Waals surface area contributed by atoms with Gasteiger partial charge in [0.05, 0.1) is 33.7 Å². The topological polar surface area (TPSA) is 132 Å². The molecule has 6 rings (SSSR count). The van der Waals surface area contributed by atoms with Crippen LogP contribution in [0.3, 0.4) is 0 Å². The predicted octanol–water partition coefficient (Wildman–Crippen LogP) is 6.27. The number of aromatic amines is 1. The molecule has 0 unspecified atom stereocenters. The van der Waals surface area contributed by atoms with Gasteiger partial charge in [-0.25, -0.2) is 9.97 Å². The van der Waals surface area contributed by atoms with Gasteiger partial charge in [-0.1, -0.05) is 31.2 Å². The van der Waals surface area contributed by atoms with Crippen molar-refractivity contribution in [1.29, 1.82) is 0 Å². The summed E-state index contributed by atoms with van der Waals surface area (Å²) in [6.07, 6.45) is 2.79. The fraction of sp³-hybridized carbons (Fsp3) is 0.324. The first-order valence-corrected chi connectivity index (χ1v) is 17.3. The van der Waals surface area contributed by atoms with E-state index in [0.717, 1.165) is 51.6 Å². The van der Waals surface area contributed by atoms with Crippen LogP contribution >= 0.6 is 11.3 Å². The molecule has 10 nitrogen and oxygen atoms in total. The molecule has 0 saturated carbocycles. The Kier molecular flexibility index (Phi) is 10.3. The quantitative estimate of drug-likeness (QED) is 0.116. The molecule has 4 N–H and O–H groups in total. The lowest BCUT2D eigenvalue weighted by Crippen LogP contribution is -2.35. The zero-order valence-corrected chi connectivity index (χ0v) is 28.3. The molecule has 1 saturated heterocycles. The summed E-state index contributed by atoms with van der Waals surface area (Å²) in [6, 6.07) is 21.0. The smallest absolute Gasteiger partial charge is 0.255 e. The molecule has 2 atom stereocenters. The number of anilines is 1. The van der Waals surface area contributed by atoms with Crippen molar-refractivity contribution < 1.29 is 14.4 Å². The van der Waals surface area contributed by atoms with E-state index in [9.17, 15) is 14.4 Å². The van der Waals surface area contributed by atoms with E-state index in [2.05, 4.69) is 62.0 Å². The summed E-state index contributed by atoms with van der Waals surface area (Å²) >= 11 is 1.62. The van der Waals surface area contributed by atoms with Gasteiger partial charge in [-0.2, -0.15) is 0 Å². The van der Waals surface area contributed by atoms with E-state index in [0.29, 0.717) is 42.4 Å². The number of aromatic nitrogens is 3. The molecule has 0 aliphatic carbocycles. The van der Waals surface area contributed by atoms with Crippen LogP contribution in [-0.2, 0) is 11.3 Å². The van der Waals surface area contributed by atoms with Crippen LogP contribution in [-0.4, -0.2) is 63.2 Å². The van der Waals surface area contributed by atoms with Crippen molar-refractivity contribution >= 4 is 45.8 Å². The number of hydrogen-bond donors (Lipinski definition) is 4. The van der Waals surface area contributed by atoms with Crippen molar-refractivity contribution in [2.24, 2.45) is 0 Å². The Bertz CT molecular complexity index is 1900. The molecule has 2 aromatic heterocycles. The SMILES string of the molecule is Cc1ncsc1-c1ccc([C@@H](C)CC(=O)NCCNC(=O)c2ccc(C(=O)Nc3ccc4[nH]c(CN5CCC[C@@H]5C)nc4c3)cc2)cc1. The summed E-state index contributed by atoms with van der Waals surface area (Å²) in [7, 11) is 0. The largest absolute Gasteiger partial charge is 0.354 e. The predicted molar refractivity (Wildman–Crippen MR) is 190 cm³/mol. The second-order valence-electron chi connectivity index (χ2n) is 12.5. The Labute approximate surface area is 284 Å². The number of benzene rings is 3. The maximum absolute atomic E-state index is 12.9. The van der Waals surface area contributed by atoms with Crippen LogP contribution in [0.5, 0.6) is 0 Å². The van der Waals surface area contributed by atoms with Crippen LogP contribution in [0, 0.1) is 6.92 Å². The van der Waals surface area contributed by atoms with E-state index in [1.54, 1.807) is 35.6 Å². The first-order valence-electron chi connectivity index (χ1n) is 16.4.